The fourth-order valence-electron chi connectivity index (χ4n) is 5.63. The van der Waals surface area contributed by atoms with Gasteiger partial charge in [0.05, 0.1) is 29.5 Å². The van der Waals surface area contributed by atoms with Crippen molar-refractivity contribution in [2.75, 3.05) is 23.4 Å². The lowest BCUT2D eigenvalue weighted by Gasteiger charge is -2.22. The van der Waals surface area contributed by atoms with E-state index in [9.17, 15) is 4.79 Å². The lowest BCUT2D eigenvalue weighted by Crippen LogP contribution is -2.26. The number of urea groups is 1. The second-order valence-corrected chi connectivity index (χ2v) is 10.7. The number of nitrogens with two attached hydrogens (primary N) is 1. The van der Waals surface area contributed by atoms with Gasteiger partial charge < -0.3 is 21.7 Å². The Kier molecular flexibility index (Phi) is 7.11. The number of imidazole rings is 1. The summed E-state index contributed by atoms with van der Waals surface area (Å²) in [6, 6.07) is 15.6. The molecule has 2 amide bonds. The van der Waals surface area contributed by atoms with E-state index in [1.165, 1.54) is 5.57 Å². The summed E-state index contributed by atoms with van der Waals surface area (Å²) in [7, 11) is 2.02. The maximum atomic E-state index is 12.8. The van der Waals surface area contributed by atoms with E-state index in [0.29, 0.717) is 23.2 Å². The van der Waals surface area contributed by atoms with E-state index in [4.69, 9.17) is 10.7 Å². The summed E-state index contributed by atoms with van der Waals surface area (Å²) in [6.07, 6.45) is 10.5. The minimum Gasteiger partial charge on any atom is -0.382 e. The molecule has 0 fully saturated rings. The smallest absolute Gasteiger partial charge is 0.323 e. The molecule has 1 aliphatic carbocycles. The number of allylic oxidation sites excluding steroid dienone is 1. The zero-order valence-electron chi connectivity index (χ0n) is 23.5. The SMILES string of the molecule is CNC1CC=C(c2cnc(N)c3c(-c4ccc(NC(=O)Nc5cccnc5)c5ccccc45)nc(C(C)C)n23)CC1. The maximum Gasteiger partial charge on any atom is 0.323 e. The fraction of sp³-hybridized carbons (Fsp3) is 0.250. The average Bonchev–Trinajstić information content (AvgIpc) is 3.40. The lowest BCUT2D eigenvalue weighted by atomic mass is 9.93. The molecule has 9 heteroatoms. The van der Waals surface area contributed by atoms with E-state index in [2.05, 4.69) is 50.2 Å². The van der Waals surface area contributed by atoms with E-state index in [-0.39, 0.29) is 11.9 Å². The molecule has 0 spiro atoms. The van der Waals surface area contributed by atoms with Gasteiger partial charge in [0.2, 0.25) is 0 Å². The van der Waals surface area contributed by atoms with Gasteiger partial charge in [0.15, 0.2) is 0 Å². The van der Waals surface area contributed by atoms with E-state index >= 15 is 0 Å². The van der Waals surface area contributed by atoms with Gasteiger partial charge in [-0.1, -0.05) is 50.3 Å². The van der Waals surface area contributed by atoms with Crippen molar-refractivity contribution in [2.45, 2.75) is 45.1 Å². The van der Waals surface area contributed by atoms with Crippen LogP contribution in [0.3, 0.4) is 0 Å². The van der Waals surface area contributed by atoms with Gasteiger partial charge in [0, 0.05) is 29.1 Å². The summed E-state index contributed by atoms with van der Waals surface area (Å²) in [5, 5.41) is 11.1. The number of nitrogen functional groups attached to an aromatic ring is 1. The number of nitrogens with one attached hydrogen (secondary N) is 3. The van der Waals surface area contributed by atoms with E-state index in [1.807, 2.05) is 49.6 Å². The third-order valence-electron chi connectivity index (χ3n) is 7.72. The summed E-state index contributed by atoms with van der Waals surface area (Å²) in [5.74, 6) is 1.54. The van der Waals surface area contributed by atoms with Gasteiger partial charge in [-0.2, -0.15) is 0 Å². The van der Waals surface area contributed by atoms with Gasteiger partial charge in [-0.25, -0.2) is 14.8 Å². The van der Waals surface area contributed by atoms with Crippen LogP contribution in [0.15, 0.2) is 73.2 Å². The number of benzene rings is 2. The summed E-state index contributed by atoms with van der Waals surface area (Å²) >= 11 is 0. The molecule has 1 unspecified atom stereocenters. The Hall–Kier alpha value is -4.76. The third-order valence-corrected chi connectivity index (χ3v) is 7.72. The van der Waals surface area contributed by atoms with Gasteiger partial charge in [-0.3, -0.25) is 9.38 Å². The number of hydrogen-bond acceptors (Lipinski definition) is 6. The first kappa shape index (κ1) is 26.5. The van der Waals surface area contributed by atoms with E-state index in [0.717, 1.165) is 58.3 Å². The minimum atomic E-state index is -0.343. The highest BCUT2D eigenvalue weighted by atomic mass is 16.2. The Labute approximate surface area is 238 Å². The molecule has 0 saturated heterocycles. The summed E-state index contributed by atoms with van der Waals surface area (Å²) in [6.45, 7) is 4.30. The molecule has 0 saturated carbocycles. The summed E-state index contributed by atoms with van der Waals surface area (Å²) in [4.78, 5) is 26.7. The standard InChI is InChI=1S/C32H34N8O/c1-19(2)31-39-28(29-30(33)36-18-27(40(29)31)20-10-12-21(34-3)13-11-20)25-14-15-26(24-9-5-4-8-23(24)25)38-32(41)37-22-7-6-16-35-17-22/h4-10,14-19,21,34H,11-13H2,1-3H3,(H2,33,36)(H2,37,38,41). The van der Waals surface area contributed by atoms with Crippen LogP contribution in [0, 0.1) is 0 Å². The van der Waals surface area contributed by atoms with Gasteiger partial charge in [-0.15, -0.1) is 0 Å². The molecule has 2 aromatic carbocycles. The third kappa shape index (κ3) is 5.00. The number of amides is 2. The largest absolute Gasteiger partial charge is 0.382 e. The first-order valence-electron chi connectivity index (χ1n) is 14.0. The first-order chi connectivity index (χ1) is 19.9. The number of nitrogens with zero attached hydrogens (tertiary/aromatic N) is 4. The highest BCUT2D eigenvalue weighted by molar-refractivity contribution is 6.11. The molecule has 9 nitrogen and oxygen atoms in total. The molecule has 0 aliphatic heterocycles. The number of carbonyl (C=O) groups excluding carboxylic acids is 1. The molecule has 6 rings (SSSR count). The second kappa shape index (κ2) is 11.0. The summed E-state index contributed by atoms with van der Waals surface area (Å²) in [5.41, 5.74) is 12.7. The topological polar surface area (TPSA) is 122 Å². The van der Waals surface area contributed by atoms with Crippen molar-refractivity contribution in [3.63, 3.8) is 0 Å². The molecular weight excluding hydrogens is 512 g/mol. The van der Waals surface area contributed by atoms with Crippen LogP contribution >= 0.6 is 0 Å². The van der Waals surface area contributed by atoms with Crippen molar-refractivity contribution in [1.82, 2.24) is 24.7 Å². The van der Waals surface area contributed by atoms with Gasteiger partial charge >= 0.3 is 6.03 Å². The Bertz CT molecular complexity index is 1770. The predicted molar refractivity (Wildman–Crippen MR) is 166 cm³/mol. The second-order valence-electron chi connectivity index (χ2n) is 10.7. The van der Waals surface area contributed by atoms with Crippen LogP contribution < -0.4 is 21.7 Å². The molecule has 1 atom stereocenters. The van der Waals surface area contributed by atoms with Crippen molar-refractivity contribution in [3.8, 4) is 11.3 Å². The molecule has 208 valence electrons. The number of pyridine rings is 1. The van der Waals surface area contributed by atoms with Gasteiger partial charge in [0.25, 0.3) is 0 Å². The van der Waals surface area contributed by atoms with Crippen molar-refractivity contribution in [3.05, 3.63) is 84.7 Å². The van der Waals surface area contributed by atoms with E-state index < -0.39 is 0 Å². The molecule has 5 aromatic rings. The first-order valence-corrected chi connectivity index (χ1v) is 14.0. The maximum absolute atomic E-state index is 12.8. The quantitative estimate of drug-likeness (QED) is 0.194. The Balaban J connectivity index is 1.47. The van der Waals surface area contributed by atoms with Crippen molar-refractivity contribution in [2.24, 2.45) is 0 Å². The highest BCUT2D eigenvalue weighted by Crippen LogP contribution is 2.39. The normalized spacial score (nSPS) is 15.3. The number of carbonyl (C=O) groups is 1. The molecule has 41 heavy (non-hydrogen) atoms. The van der Waals surface area contributed by atoms with Crippen LogP contribution in [0.5, 0.6) is 0 Å². The van der Waals surface area contributed by atoms with Crippen LogP contribution in [0.25, 0.3) is 33.1 Å². The van der Waals surface area contributed by atoms with Crippen molar-refractivity contribution < 1.29 is 4.79 Å². The number of hydrogen-bond donors (Lipinski definition) is 4. The fourth-order valence-corrected chi connectivity index (χ4v) is 5.63. The number of fused-ring (bicyclic) bond motifs is 2. The van der Waals surface area contributed by atoms with Crippen LogP contribution in [-0.4, -0.2) is 38.5 Å². The van der Waals surface area contributed by atoms with Gasteiger partial charge in [-0.05, 0) is 55.5 Å². The zero-order chi connectivity index (χ0) is 28.5. The molecule has 0 bridgehead atoms. The number of aromatic nitrogens is 4. The Morgan fingerprint density at radius 1 is 1.05 bits per heavy atom. The molecule has 5 N–H and O–H groups in total. The monoisotopic (exact) mass is 546 g/mol. The minimum absolute atomic E-state index is 0.162. The molecule has 1 aliphatic rings. The van der Waals surface area contributed by atoms with Crippen LogP contribution in [0.1, 0.15) is 50.5 Å². The van der Waals surface area contributed by atoms with Crippen LogP contribution in [-0.2, 0) is 0 Å². The number of anilines is 3. The van der Waals surface area contributed by atoms with Crippen LogP contribution in [0.4, 0.5) is 22.0 Å². The molecular formula is C32H34N8O. The predicted octanol–water partition coefficient (Wildman–Crippen LogP) is 6.45. The van der Waals surface area contributed by atoms with Crippen molar-refractivity contribution in [1.29, 1.82) is 0 Å². The van der Waals surface area contributed by atoms with Crippen molar-refractivity contribution >= 4 is 45.1 Å². The number of rotatable bonds is 6. The highest BCUT2D eigenvalue weighted by Gasteiger charge is 2.25. The lowest BCUT2D eigenvalue weighted by molar-refractivity contribution is 0.262. The Morgan fingerprint density at radius 3 is 2.59 bits per heavy atom. The molecule has 0 radical (unpaired) electrons. The zero-order valence-corrected chi connectivity index (χ0v) is 23.5. The van der Waals surface area contributed by atoms with E-state index in [1.54, 1.807) is 24.5 Å². The van der Waals surface area contributed by atoms with Crippen LogP contribution in [0.2, 0.25) is 0 Å². The Morgan fingerprint density at radius 2 is 1.88 bits per heavy atom. The molecule has 3 aromatic heterocycles. The summed E-state index contributed by atoms with van der Waals surface area (Å²) < 4.78 is 2.20. The average molecular weight is 547 g/mol. The molecule has 3 heterocycles. The van der Waals surface area contributed by atoms with Gasteiger partial charge in [0.1, 0.15) is 22.9 Å².